The fourth-order valence-electron chi connectivity index (χ4n) is 1.88. The van der Waals surface area contributed by atoms with Gasteiger partial charge in [0.25, 0.3) is 5.91 Å². The minimum atomic E-state index is -1.03. The van der Waals surface area contributed by atoms with Gasteiger partial charge in [0.05, 0.1) is 11.5 Å². The Hall–Kier alpha value is -2.70. The Kier molecular flexibility index (Phi) is 4.02. The Morgan fingerprint density at radius 3 is 2.62 bits per heavy atom. The lowest BCUT2D eigenvalue weighted by atomic mass is 10.1. The van der Waals surface area contributed by atoms with Gasteiger partial charge in [-0.1, -0.05) is 0 Å². The van der Waals surface area contributed by atoms with Crippen molar-refractivity contribution < 1.29 is 18.5 Å². The molecule has 0 aliphatic carbocycles. The average Bonchev–Trinajstić information content (AvgIpc) is 2.82. The zero-order valence-corrected chi connectivity index (χ0v) is 11.5. The monoisotopic (exact) mass is 292 g/mol. The number of carbonyl (C=O) groups excluding carboxylic acids is 1. The van der Waals surface area contributed by atoms with E-state index in [0.29, 0.717) is 5.76 Å². The largest absolute Gasteiger partial charge is 0.464 e. The van der Waals surface area contributed by atoms with Gasteiger partial charge < -0.3 is 9.32 Å². The van der Waals surface area contributed by atoms with E-state index in [-0.39, 0.29) is 12.1 Å². The third kappa shape index (κ3) is 3.25. The molecular weight excluding hydrogens is 279 g/mol. The maximum Gasteiger partial charge on any atom is 0.304 e. The van der Waals surface area contributed by atoms with Gasteiger partial charge in [-0.05, 0) is 31.2 Å². The molecule has 0 atom stereocenters. The molecule has 0 aliphatic heterocycles. The highest BCUT2D eigenvalue weighted by Gasteiger charge is 2.19. The summed E-state index contributed by atoms with van der Waals surface area (Å²) in [5.74, 6) is -0.149. The van der Waals surface area contributed by atoms with Gasteiger partial charge in [-0.15, -0.1) is 0 Å². The zero-order valence-electron chi connectivity index (χ0n) is 11.5. The molecule has 0 N–H and O–H groups in total. The van der Waals surface area contributed by atoms with Crippen molar-refractivity contribution in [3.05, 3.63) is 63.3 Å². The van der Waals surface area contributed by atoms with E-state index in [4.69, 9.17) is 4.42 Å². The second-order valence-electron chi connectivity index (χ2n) is 4.60. The van der Waals surface area contributed by atoms with Gasteiger partial charge >= 0.3 is 5.69 Å². The highest BCUT2D eigenvalue weighted by Crippen LogP contribution is 2.19. The second-order valence-corrected chi connectivity index (χ2v) is 4.60. The van der Waals surface area contributed by atoms with Crippen LogP contribution in [0.5, 0.6) is 0 Å². The third-order valence-electron chi connectivity index (χ3n) is 2.93. The van der Waals surface area contributed by atoms with Crippen molar-refractivity contribution in [1.29, 1.82) is 0 Å². The molecule has 0 bridgehead atoms. The van der Waals surface area contributed by atoms with Gasteiger partial charge in [-0.25, -0.2) is 0 Å². The number of hydrogen-bond acceptors (Lipinski definition) is 4. The molecule has 0 spiro atoms. The fourth-order valence-corrected chi connectivity index (χ4v) is 1.88. The van der Waals surface area contributed by atoms with Gasteiger partial charge in [0.15, 0.2) is 0 Å². The van der Waals surface area contributed by atoms with E-state index in [1.54, 1.807) is 26.1 Å². The summed E-state index contributed by atoms with van der Waals surface area (Å²) < 4.78 is 18.9. The molecule has 7 heteroatoms. The van der Waals surface area contributed by atoms with Crippen molar-refractivity contribution >= 4 is 11.6 Å². The topological polar surface area (TPSA) is 76.6 Å². The molecule has 21 heavy (non-hydrogen) atoms. The predicted molar refractivity (Wildman–Crippen MR) is 72.3 cm³/mol. The number of nitrogens with zero attached hydrogens (tertiary/aromatic N) is 2. The average molecular weight is 292 g/mol. The number of rotatable bonds is 4. The first-order valence-corrected chi connectivity index (χ1v) is 6.13. The molecule has 0 saturated carbocycles. The smallest absolute Gasteiger partial charge is 0.304 e. The molecule has 110 valence electrons. The van der Waals surface area contributed by atoms with Crippen LogP contribution in [0.2, 0.25) is 0 Å². The summed E-state index contributed by atoms with van der Waals surface area (Å²) in [7, 11) is 1.54. The van der Waals surface area contributed by atoms with E-state index in [9.17, 15) is 19.3 Å². The van der Waals surface area contributed by atoms with Crippen LogP contribution in [0.3, 0.4) is 0 Å². The third-order valence-corrected chi connectivity index (χ3v) is 2.93. The number of benzene rings is 1. The summed E-state index contributed by atoms with van der Waals surface area (Å²) in [4.78, 5) is 23.2. The van der Waals surface area contributed by atoms with Gasteiger partial charge in [0, 0.05) is 18.7 Å². The fraction of sp³-hybridized carbons (Fsp3) is 0.214. The zero-order chi connectivity index (χ0) is 15.6. The molecule has 0 aliphatic rings. The maximum atomic E-state index is 13.5. The highest BCUT2D eigenvalue weighted by atomic mass is 19.1. The number of furan rings is 1. The van der Waals surface area contributed by atoms with Crippen LogP contribution in [-0.2, 0) is 6.54 Å². The molecular formula is C14H13FN2O4. The molecule has 1 aromatic heterocycles. The Morgan fingerprint density at radius 1 is 1.38 bits per heavy atom. The van der Waals surface area contributed by atoms with Crippen molar-refractivity contribution in [2.75, 3.05) is 7.05 Å². The molecule has 0 unspecified atom stereocenters. The van der Waals surface area contributed by atoms with Crippen LogP contribution in [0.1, 0.15) is 21.9 Å². The Morgan fingerprint density at radius 2 is 2.10 bits per heavy atom. The van der Waals surface area contributed by atoms with Crippen molar-refractivity contribution in [3.63, 3.8) is 0 Å². The van der Waals surface area contributed by atoms with Gasteiger partial charge in [0.1, 0.15) is 11.5 Å². The number of aryl methyl sites for hydroxylation is 1. The molecule has 0 saturated heterocycles. The molecule has 1 heterocycles. The van der Waals surface area contributed by atoms with Crippen molar-refractivity contribution in [1.82, 2.24) is 4.90 Å². The molecule has 1 amide bonds. The van der Waals surface area contributed by atoms with E-state index in [1.165, 1.54) is 11.0 Å². The SMILES string of the molecule is Cc1ccc(CN(C)C(=O)c2ccc([N+](=O)[O-])c(F)c2)o1. The summed E-state index contributed by atoms with van der Waals surface area (Å²) in [6, 6.07) is 6.60. The molecule has 2 aromatic rings. The number of nitro groups is 1. The van der Waals surface area contributed by atoms with E-state index in [1.807, 2.05) is 0 Å². The van der Waals surface area contributed by atoms with Crippen LogP contribution in [0, 0.1) is 22.9 Å². The quantitative estimate of drug-likeness (QED) is 0.641. The van der Waals surface area contributed by atoms with Crippen LogP contribution in [0.4, 0.5) is 10.1 Å². The lowest BCUT2D eigenvalue weighted by Crippen LogP contribution is -2.26. The van der Waals surface area contributed by atoms with E-state index >= 15 is 0 Å². The van der Waals surface area contributed by atoms with Crippen LogP contribution in [0.15, 0.2) is 34.7 Å². The summed E-state index contributed by atoms with van der Waals surface area (Å²) in [5.41, 5.74) is -0.611. The first kappa shape index (κ1) is 14.7. The number of hydrogen-bond donors (Lipinski definition) is 0. The normalized spacial score (nSPS) is 10.4. The number of nitro benzene ring substituents is 1. The van der Waals surface area contributed by atoms with E-state index in [2.05, 4.69) is 0 Å². The molecule has 2 rings (SSSR count). The minimum absolute atomic E-state index is 0.0453. The van der Waals surface area contributed by atoms with Crippen molar-refractivity contribution in [2.24, 2.45) is 0 Å². The molecule has 1 aromatic carbocycles. The lowest BCUT2D eigenvalue weighted by molar-refractivity contribution is -0.387. The maximum absolute atomic E-state index is 13.5. The first-order chi connectivity index (χ1) is 9.88. The lowest BCUT2D eigenvalue weighted by Gasteiger charge is -2.15. The van der Waals surface area contributed by atoms with Crippen LogP contribution >= 0.6 is 0 Å². The first-order valence-electron chi connectivity index (χ1n) is 6.13. The van der Waals surface area contributed by atoms with Gasteiger partial charge in [-0.2, -0.15) is 4.39 Å². The van der Waals surface area contributed by atoms with Crippen LogP contribution in [0.25, 0.3) is 0 Å². The molecule has 6 nitrogen and oxygen atoms in total. The van der Waals surface area contributed by atoms with Gasteiger partial charge in [0.2, 0.25) is 5.82 Å². The van der Waals surface area contributed by atoms with Crippen LogP contribution in [-0.4, -0.2) is 22.8 Å². The summed E-state index contributed by atoms with van der Waals surface area (Å²) >= 11 is 0. The number of halogens is 1. The van der Waals surface area contributed by atoms with Crippen LogP contribution < -0.4 is 0 Å². The van der Waals surface area contributed by atoms with E-state index < -0.39 is 22.3 Å². The second kappa shape index (κ2) is 5.74. The summed E-state index contributed by atoms with van der Waals surface area (Å²) in [5, 5.41) is 10.5. The molecule has 0 radical (unpaired) electrons. The Labute approximate surface area is 119 Å². The Balaban J connectivity index is 2.15. The van der Waals surface area contributed by atoms with Gasteiger partial charge in [-0.3, -0.25) is 14.9 Å². The summed E-state index contributed by atoms with van der Waals surface area (Å²) in [6.45, 7) is 2.02. The number of amides is 1. The minimum Gasteiger partial charge on any atom is -0.464 e. The van der Waals surface area contributed by atoms with E-state index in [0.717, 1.165) is 17.9 Å². The predicted octanol–water partition coefficient (Wildman–Crippen LogP) is 2.91. The van der Waals surface area contributed by atoms with Crippen molar-refractivity contribution in [3.8, 4) is 0 Å². The molecule has 0 fully saturated rings. The number of carbonyl (C=O) groups is 1. The standard InChI is InChI=1S/C14H13FN2O4/c1-9-3-5-11(21-9)8-16(2)14(18)10-4-6-13(17(19)20)12(15)7-10/h3-7H,8H2,1-2H3. The summed E-state index contributed by atoms with van der Waals surface area (Å²) in [6.07, 6.45) is 0. The van der Waals surface area contributed by atoms with Crippen molar-refractivity contribution in [2.45, 2.75) is 13.5 Å². The Bertz CT molecular complexity index is 696. The highest BCUT2D eigenvalue weighted by molar-refractivity contribution is 5.94.